The van der Waals surface area contributed by atoms with Gasteiger partial charge in [0, 0.05) is 20.2 Å². The monoisotopic (exact) mass is 539 g/mol. The molecule has 0 fully saturated rings. The lowest BCUT2D eigenvalue weighted by molar-refractivity contribution is 0.177. The van der Waals surface area contributed by atoms with Crippen molar-refractivity contribution >= 4 is 20.1 Å². The largest absolute Gasteiger partial charge is 0.497 e. The van der Waals surface area contributed by atoms with Crippen LogP contribution in [0, 0.1) is 5.82 Å². The first-order chi connectivity index (χ1) is 17.1. The molecular formula is C24H26FNO8S2. The van der Waals surface area contributed by atoms with E-state index in [4.69, 9.17) is 18.4 Å². The predicted molar refractivity (Wildman–Crippen MR) is 130 cm³/mol. The van der Waals surface area contributed by atoms with Crippen molar-refractivity contribution in [3.05, 3.63) is 78.1 Å². The van der Waals surface area contributed by atoms with Gasteiger partial charge in [-0.1, -0.05) is 6.07 Å². The van der Waals surface area contributed by atoms with Crippen LogP contribution in [0.25, 0.3) is 0 Å². The van der Waals surface area contributed by atoms with E-state index in [0.29, 0.717) is 11.3 Å². The van der Waals surface area contributed by atoms with E-state index in [1.54, 1.807) is 18.2 Å². The smallest absolute Gasteiger partial charge is 0.339 e. The van der Waals surface area contributed by atoms with E-state index in [1.807, 2.05) is 0 Å². The molecule has 0 unspecified atom stereocenters. The van der Waals surface area contributed by atoms with Crippen molar-refractivity contribution in [2.24, 2.45) is 0 Å². The number of halogens is 1. The summed E-state index contributed by atoms with van der Waals surface area (Å²) in [5.74, 6) is -0.113. The molecule has 3 rings (SSSR count). The van der Waals surface area contributed by atoms with Gasteiger partial charge in [0.2, 0.25) is 10.0 Å². The fourth-order valence-electron chi connectivity index (χ4n) is 3.23. The molecule has 3 aromatic carbocycles. The lowest BCUT2D eigenvalue weighted by atomic mass is 10.2. The molecule has 0 aliphatic carbocycles. The summed E-state index contributed by atoms with van der Waals surface area (Å²) in [5.41, 5.74) is 0.438. The van der Waals surface area contributed by atoms with Gasteiger partial charge in [0.05, 0.1) is 25.7 Å². The summed E-state index contributed by atoms with van der Waals surface area (Å²) >= 11 is 0. The molecule has 0 heterocycles. The number of rotatable bonds is 12. The first-order valence-electron chi connectivity index (χ1n) is 10.6. The third-order valence-corrected chi connectivity index (χ3v) is 8.24. The minimum Gasteiger partial charge on any atom is -0.497 e. The summed E-state index contributed by atoms with van der Waals surface area (Å²) in [6.45, 7) is 0.0729. The highest BCUT2D eigenvalue weighted by molar-refractivity contribution is 7.89. The Morgan fingerprint density at radius 2 is 1.42 bits per heavy atom. The van der Waals surface area contributed by atoms with E-state index < -0.39 is 26.0 Å². The van der Waals surface area contributed by atoms with E-state index >= 15 is 0 Å². The number of nitrogens with zero attached hydrogens (tertiary/aromatic N) is 1. The SMILES string of the molecule is COCCN(Cc1ccc(OC)c(OS(=O)(=O)c2ccc(F)cc2)c1)S(=O)(=O)c1ccc(OC)cc1. The summed E-state index contributed by atoms with van der Waals surface area (Å²) < 4.78 is 87.2. The van der Waals surface area contributed by atoms with Gasteiger partial charge in [-0.3, -0.25) is 0 Å². The molecule has 194 valence electrons. The number of sulfonamides is 1. The maximum Gasteiger partial charge on any atom is 0.339 e. The molecule has 0 atom stereocenters. The van der Waals surface area contributed by atoms with Gasteiger partial charge in [0.1, 0.15) is 16.5 Å². The van der Waals surface area contributed by atoms with Crippen LogP contribution in [0.1, 0.15) is 5.56 Å². The second-order valence-corrected chi connectivity index (χ2v) is 11.0. The third kappa shape index (κ3) is 6.52. The Morgan fingerprint density at radius 3 is 2.00 bits per heavy atom. The second-order valence-electron chi connectivity index (χ2n) is 7.48. The highest BCUT2D eigenvalue weighted by Gasteiger charge is 2.26. The van der Waals surface area contributed by atoms with Gasteiger partial charge in [-0.2, -0.15) is 12.7 Å². The average Bonchev–Trinajstić information content (AvgIpc) is 2.86. The zero-order chi connectivity index (χ0) is 26.3. The molecule has 12 heteroatoms. The van der Waals surface area contributed by atoms with Gasteiger partial charge >= 0.3 is 10.1 Å². The number of methoxy groups -OCH3 is 3. The topological polar surface area (TPSA) is 108 Å². The van der Waals surface area contributed by atoms with Crippen LogP contribution < -0.4 is 13.7 Å². The highest BCUT2D eigenvalue weighted by Crippen LogP contribution is 2.32. The van der Waals surface area contributed by atoms with Gasteiger partial charge in [0.25, 0.3) is 0 Å². The Kier molecular flexibility index (Phi) is 8.90. The molecule has 0 spiro atoms. The van der Waals surface area contributed by atoms with Gasteiger partial charge in [-0.25, -0.2) is 12.8 Å². The molecule has 9 nitrogen and oxygen atoms in total. The van der Waals surface area contributed by atoms with E-state index in [0.717, 1.165) is 24.3 Å². The van der Waals surface area contributed by atoms with Crippen LogP contribution in [-0.2, 0) is 31.4 Å². The van der Waals surface area contributed by atoms with Crippen LogP contribution in [0.3, 0.4) is 0 Å². The maximum absolute atomic E-state index is 13.3. The Morgan fingerprint density at radius 1 is 0.778 bits per heavy atom. The fourth-order valence-corrected chi connectivity index (χ4v) is 5.57. The first kappa shape index (κ1) is 27.4. The summed E-state index contributed by atoms with van der Waals surface area (Å²) in [6.07, 6.45) is 0. The van der Waals surface area contributed by atoms with Crippen LogP contribution in [0.2, 0.25) is 0 Å². The molecule has 3 aromatic rings. The molecule has 0 aliphatic rings. The normalized spacial score (nSPS) is 11.9. The van der Waals surface area contributed by atoms with Gasteiger partial charge in [0.15, 0.2) is 11.5 Å². The lowest BCUT2D eigenvalue weighted by Crippen LogP contribution is -2.33. The van der Waals surface area contributed by atoms with Crippen molar-refractivity contribution in [1.29, 1.82) is 0 Å². The lowest BCUT2D eigenvalue weighted by Gasteiger charge is -2.23. The maximum atomic E-state index is 13.3. The number of hydrogen-bond donors (Lipinski definition) is 0. The zero-order valence-corrected chi connectivity index (χ0v) is 21.5. The Balaban J connectivity index is 1.93. The number of hydrogen-bond acceptors (Lipinski definition) is 8. The summed E-state index contributed by atoms with van der Waals surface area (Å²) in [4.78, 5) is -0.191. The van der Waals surface area contributed by atoms with Gasteiger partial charge in [-0.05, 0) is 66.2 Å². The molecule has 0 bridgehead atoms. The quantitative estimate of drug-likeness (QED) is 0.322. The van der Waals surface area contributed by atoms with Gasteiger partial charge in [-0.15, -0.1) is 0 Å². The van der Waals surface area contributed by atoms with Crippen molar-refractivity contribution in [1.82, 2.24) is 4.31 Å². The van der Waals surface area contributed by atoms with Crippen LogP contribution in [0.5, 0.6) is 17.2 Å². The molecule has 0 aromatic heterocycles. The summed E-state index contributed by atoms with van der Waals surface area (Å²) in [7, 11) is -3.97. The van der Waals surface area contributed by atoms with E-state index in [2.05, 4.69) is 0 Å². The number of benzene rings is 3. The fraction of sp³-hybridized carbons (Fsp3) is 0.250. The van der Waals surface area contributed by atoms with Gasteiger partial charge < -0.3 is 18.4 Å². The van der Waals surface area contributed by atoms with Crippen molar-refractivity contribution in [3.63, 3.8) is 0 Å². The molecule has 0 saturated heterocycles. The third-order valence-electron chi connectivity index (χ3n) is 5.13. The van der Waals surface area contributed by atoms with E-state index in [9.17, 15) is 21.2 Å². The van der Waals surface area contributed by atoms with E-state index in [1.165, 1.54) is 49.9 Å². The van der Waals surface area contributed by atoms with Crippen LogP contribution in [-0.4, -0.2) is 55.6 Å². The first-order valence-corrected chi connectivity index (χ1v) is 13.5. The molecule has 0 amide bonds. The molecule has 36 heavy (non-hydrogen) atoms. The van der Waals surface area contributed by atoms with Crippen LogP contribution in [0.4, 0.5) is 4.39 Å². The number of ether oxygens (including phenoxy) is 3. The Bertz CT molecular complexity index is 1380. The average molecular weight is 540 g/mol. The predicted octanol–water partition coefficient (Wildman–Crippen LogP) is 3.45. The highest BCUT2D eigenvalue weighted by atomic mass is 32.2. The van der Waals surface area contributed by atoms with Crippen molar-refractivity contribution in [3.8, 4) is 17.2 Å². The van der Waals surface area contributed by atoms with Crippen molar-refractivity contribution < 1.29 is 39.6 Å². The molecule has 0 aliphatic heterocycles. The second kappa shape index (κ2) is 11.7. The van der Waals surface area contributed by atoms with Crippen LogP contribution >= 0.6 is 0 Å². The Hall–Kier alpha value is -3.19. The zero-order valence-electron chi connectivity index (χ0n) is 19.9. The standard InChI is InChI=1S/C24H26FNO8S2/c1-31-15-14-26(35(27,28)21-11-7-20(32-2)8-12-21)17-18-4-13-23(33-3)24(16-18)34-36(29,30)22-9-5-19(25)6-10-22/h4-13,16H,14-15,17H2,1-3H3. The van der Waals surface area contributed by atoms with Crippen molar-refractivity contribution in [2.45, 2.75) is 16.3 Å². The molecular weight excluding hydrogens is 513 g/mol. The van der Waals surface area contributed by atoms with Crippen molar-refractivity contribution in [2.75, 3.05) is 34.5 Å². The molecule has 0 radical (unpaired) electrons. The minimum absolute atomic E-state index is 0.0426. The molecule has 0 saturated carbocycles. The minimum atomic E-state index is -4.31. The summed E-state index contributed by atoms with van der Waals surface area (Å²) in [6, 6.07) is 14.6. The molecule has 0 N–H and O–H groups in total. The van der Waals surface area contributed by atoms with Crippen LogP contribution in [0.15, 0.2) is 76.5 Å². The van der Waals surface area contributed by atoms with E-state index in [-0.39, 0.29) is 41.0 Å². The Labute approximate surface area is 210 Å². The summed E-state index contributed by atoms with van der Waals surface area (Å²) in [5, 5.41) is 0.